The average Bonchev–Trinajstić information content (AvgIpc) is 3.22. The van der Waals surface area contributed by atoms with Crippen molar-refractivity contribution in [2.24, 2.45) is 4.99 Å². The minimum absolute atomic E-state index is 0.193. The topological polar surface area (TPSA) is 112 Å². The van der Waals surface area contributed by atoms with Crippen LogP contribution in [0.15, 0.2) is 52.1 Å². The predicted octanol–water partition coefficient (Wildman–Crippen LogP) is 5.75. The fraction of sp³-hybridized carbons (Fsp3) is 0.130. The summed E-state index contributed by atoms with van der Waals surface area (Å²) in [4.78, 5) is 42.0. The van der Waals surface area contributed by atoms with Gasteiger partial charge in [-0.1, -0.05) is 23.2 Å². The maximum atomic E-state index is 13.2. The number of aromatic nitrogens is 1. The van der Waals surface area contributed by atoms with Gasteiger partial charge in [0.15, 0.2) is 11.3 Å². The zero-order valence-electron chi connectivity index (χ0n) is 17.9. The second-order valence-corrected chi connectivity index (χ2v) is 7.62. The number of nitrogens with zero attached hydrogens (tertiary/aromatic N) is 2. The van der Waals surface area contributed by atoms with Crippen LogP contribution in [0.2, 0.25) is 10.0 Å². The van der Waals surface area contributed by atoms with Gasteiger partial charge in [-0.3, -0.25) is 14.7 Å². The van der Waals surface area contributed by atoms with Crippen molar-refractivity contribution >= 4 is 74.6 Å². The SMILES string of the molecule is CCOOC(=O)/C=N/c1ccc2oc3c(OC)ccc(C(=O)Nc4c(Cl)cncc4Cl)c3c2c1. The fourth-order valence-electron chi connectivity index (χ4n) is 3.25. The van der Waals surface area contributed by atoms with Gasteiger partial charge in [0, 0.05) is 23.2 Å². The summed E-state index contributed by atoms with van der Waals surface area (Å²) in [5.41, 5.74) is 1.81. The molecule has 0 unspecified atom stereocenters. The molecule has 0 fully saturated rings. The smallest absolute Gasteiger partial charge is 0.383 e. The summed E-state index contributed by atoms with van der Waals surface area (Å²) in [6.45, 7) is 1.90. The molecule has 0 atom stereocenters. The number of fused-ring (bicyclic) bond motifs is 3. The molecule has 2 aromatic heterocycles. The Balaban J connectivity index is 1.80. The number of hydrogen-bond donors (Lipinski definition) is 1. The molecule has 9 nitrogen and oxygen atoms in total. The van der Waals surface area contributed by atoms with Crippen LogP contribution in [0.4, 0.5) is 11.4 Å². The van der Waals surface area contributed by atoms with E-state index < -0.39 is 11.9 Å². The van der Waals surface area contributed by atoms with Crippen molar-refractivity contribution < 1.29 is 28.5 Å². The molecule has 1 N–H and O–H groups in total. The molecule has 0 aliphatic heterocycles. The monoisotopic (exact) mass is 501 g/mol. The van der Waals surface area contributed by atoms with Gasteiger partial charge in [-0.25, -0.2) is 9.79 Å². The molecule has 0 aliphatic rings. The van der Waals surface area contributed by atoms with E-state index in [0.29, 0.717) is 33.4 Å². The molecule has 1 amide bonds. The normalized spacial score (nSPS) is 11.3. The molecule has 2 aromatic carbocycles. The zero-order valence-corrected chi connectivity index (χ0v) is 19.4. The quantitative estimate of drug-likeness (QED) is 0.195. The summed E-state index contributed by atoms with van der Waals surface area (Å²) in [6.07, 6.45) is 3.74. The molecule has 4 rings (SSSR count). The van der Waals surface area contributed by atoms with E-state index in [-0.39, 0.29) is 27.9 Å². The van der Waals surface area contributed by atoms with Crippen molar-refractivity contribution in [1.29, 1.82) is 0 Å². The van der Waals surface area contributed by atoms with Gasteiger partial charge >= 0.3 is 5.97 Å². The lowest BCUT2D eigenvalue weighted by Crippen LogP contribution is -2.13. The molecule has 0 saturated carbocycles. The Morgan fingerprint density at radius 3 is 2.65 bits per heavy atom. The number of nitrogens with one attached hydrogen (secondary N) is 1. The molecule has 4 aromatic rings. The lowest BCUT2D eigenvalue weighted by molar-refractivity contribution is -0.261. The number of halogens is 2. The van der Waals surface area contributed by atoms with Crippen molar-refractivity contribution in [2.45, 2.75) is 6.92 Å². The Hall–Kier alpha value is -3.66. The minimum Gasteiger partial charge on any atom is -0.493 e. The summed E-state index contributed by atoms with van der Waals surface area (Å²) in [5, 5.41) is 4.18. The summed E-state index contributed by atoms with van der Waals surface area (Å²) in [6, 6.07) is 8.22. The van der Waals surface area contributed by atoms with Crippen LogP contribution < -0.4 is 10.1 Å². The van der Waals surface area contributed by atoms with Gasteiger partial charge in [0.2, 0.25) is 0 Å². The third-order valence-corrected chi connectivity index (χ3v) is 5.27. The number of carbonyl (C=O) groups is 2. The molecular formula is C23H17Cl2N3O6. The highest BCUT2D eigenvalue weighted by Gasteiger charge is 2.21. The van der Waals surface area contributed by atoms with Crippen LogP contribution in [0.3, 0.4) is 0 Å². The van der Waals surface area contributed by atoms with Crippen LogP contribution in [0, 0.1) is 0 Å². The average molecular weight is 502 g/mol. The van der Waals surface area contributed by atoms with Gasteiger partial charge in [-0.15, -0.1) is 0 Å². The first-order valence-corrected chi connectivity index (χ1v) is 10.7. The maximum Gasteiger partial charge on any atom is 0.383 e. The maximum absolute atomic E-state index is 13.2. The molecule has 0 bridgehead atoms. The Morgan fingerprint density at radius 2 is 1.94 bits per heavy atom. The molecule has 174 valence electrons. The first-order chi connectivity index (χ1) is 16.4. The Morgan fingerprint density at radius 1 is 1.18 bits per heavy atom. The third-order valence-electron chi connectivity index (χ3n) is 4.70. The molecule has 34 heavy (non-hydrogen) atoms. The lowest BCUT2D eigenvalue weighted by Gasteiger charge is -2.10. The van der Waals surface area contributed by atoms with Crippen molar-refractivity contribution in [3.8, 4) is 5.75 Å². The van der Waals surface area contributed by atoms with E-state index in [0.717, 1.165) is 6.21 Å². The number of amides is 1. The van der Waals surface area contributed by atoms with Crippen LogP contribution in [0.1, 0.15) is 17.3 Å². The summed E-state index contributed by atoms with van der Waals surface area (Å²) >= 11 is 12.3. The predicted molar refractivity (Wildman–Crippen MR) is 128 cm³/mol. The van der Waals surface area contributed by atoms with Crippen molar-refractivity contribution in [2.75, 3.05) is 19.0 Å². The van der Waals surface area contributed by atoms with E-state index in [2.05, 4.69) is 25.1 Å². The highest BCUT2D eigenvalue weighted by molar-refractivity contribution is 6.40. The molecule has 0 saturated heterocycles. The number of rotatable bonds is 7. The van der Waals surface area contributed by atoms with E-state index >= 15 is 0 Å². The number of hydrogen-bond acceptors (Lipinski definition) is 8. The molecule has 11 heteroatoms. The number of ether oxygens (including phenoxy) is 1. The summed E-state index contributed by atoms with van der Waals surface area (Å²) in [7, 11) is 1.50. The number of anilines is 1. The van der Waals surface area contributed by atoms with Gasteiger partial charge in [-0.2, -0.15) is 4.89 Å². The van der Waals surface area contributed by atoms with Crippen LogP contribution in [0.5, 0.6) is 5.75 Å². The molecule has 0 spiro atoms. The minimum atomic E-state index is -0.758. The van der Waals surface area contributed by atoms with E-state index in [4.69, 9.17) is 32.4 Å². The number of furan rings is 1. The Labute approximate surface area is 203 Å². The van der Waals surface area contributed by atoms with Gasteiger partial charge in [0.05, 0.1) is 40.7 Å². The first-order valence-electron chi connectivity index (χ1n) is 9.94. The largest absolute Gasteiger partial charge is 0.493 e. The van der Waals surface area contributed by atoms with Crippen LogP contribution in [0.25, 0.3) is 21.9 Å². The lowest BCUT2D eigenvalue weighted by atomic mass is 10.0. The van der Waals surface area contributed by atoms with Crippen LogP contribution >= 0.6 is 23.2 Å². The molecule has 2 heterocycles. The van der Waals surface area contributed by atoms with E-state index in [9.17, 15) is 9.59 Å². The van der Waals surface area contributed by atoms with Crippen LogP contribution in [-0.2, 0) is 14.6 Å². The van der Waals surface area contributed by atoms with Crippen LogP contribution in [-0.4, -0.2) is 36.8 Å². The fourth-order valence-corrected chi connectivity index (χ4v) is 3.71. The van der Waals surface area contributed by atoms with Crippen molar-refractivity contribution in [3.63, 3.8) is 0 Å². The molecule has 0 aliphatic carbocycles. The number of aliphatic imine (C=N–C) groups is 1. The van der Waals surface area contributed by atoms with E-state index in [1.165, 1.54) is 19.5 Å². The molecule has 0 radical (unpaired) electrons. The zero-order chi connectivity index (χ0) is 24.2. The van der Waals surface area contributed by atoms with E-state index in [1.54, 1.807) is 37.3 Å². The summed E-state index contributed by atoms with van der Waals surface area (Å²) < 4.78 is 11.4. The van der Waals surface area contributed by atoms with Gasteiger partial charge in [0.1, 0.15) is 11.8 Å². The van der Waals surface area contributed by atoms with Gasteiger partial charge in [0.25, 0.3) is 5.91 Å². The second-order valence-electron chi connectivity index (χ2n) is 6.80. The second kappa shape index (κ2) is 10.1. The summed E-state index contributed by atoms with van der Waals surface area (Å²) in [5.74, 6) is -0.792. The number of pyridine rings is 1. The molecular weight excluding hydrogens is 485 g/mol. The Kier molecular flexibility index (Phi) is 6.97. The number of benzene rings is 2. The first kappa shape index (κ1) is 23.5. The highest BCUT2D eigenvalue weighted by atomic mass is 35.5. The van der Waals surface area contributed by atoms with Crippen molar-refractivity contribution in [3.05, 3.63) is 58.3 Å². The van der Waals surface area contributed by atoms with Gasteiger partial charge < -0.3 is 14.5 Å². The standard InChI is InChI=1S/C23H17Cl2N3O6/c1-3-32-34-19(29)11-27-12-4-6-17-14(8-12)20-13(5-7-18(31-2)22(20)33-17)23(30)28-21-15(24)9-26-10-16(21)25/h4-11H,3H2,1-2H3,(H,26,28,30)/b27-11+. The van der Waals surface area contributed by atoms with E-state index in [1.807, 2.05) is 0 Å². The third kappa shape index (κ3) is 4.67. The number of methoxy groups -OCH3 is 1. The van der Waals surface area contributed by atoms with Crippen molar-refractivity contribution in [1.82, 2.24) is 4.98 Å². The highest BCUT2D eigenvalue weighted by Crippen LogP contribution is 2.39. The Bertz CT molecular complexity index is 1410. The van der Waals surface area contributed by atoms with Gasteiger partial charge in [-0.05, 0) is 37.3 Å². The number of carbonyl (C=O) groups excluding carboxylic acids is 2.